The Labute approximate surface area is 201 Å². The molecule has 4 nitrogen and oxygen atoms in total. The van der Waals surface area contributed by atoms with E-state index in [9.17, 15) is 9.59 Å². The number of esters is 2. The minimum absolute atomic E-state index is 0.374. The van der Waals surface area contributed by atoms with Gasteiger partial charge in [0.1, 0.15) is 0 Å². The Morgan fingerprint density at radius 1 is 0.794 bits per heavy atom. The molecule has 0 aromatic heterocycles. The molecule has 1 aliphatic carbocycles. The van der Waals surface area contributed by atoms with Crippen LogP contribution in [0.25, 0.3) is 0 Å². The van der Waals surface area contributed by atoms with Crippen molar-refractivity contribution in [2.45, 2.75) is 64.7 Å². The van der Waals surface area contributed by atoms with E-state index in [4.69, 9.17) is 9.47 Å². The van der Waals surface area contributed by atoms with E-state index < -0.39 is 11.9 Å². The van der Waals surface area contributed by atoms with Crippen LogP contribution in [0, 0.1) is 0 Å². The normalized spacial score (nSPS) is 13.6. The summed E-state index contributed by atoms with van der Waals surface area (Å²) in [6, 6.07) is 20.1. The lowest BCUT2D eigenvalue weighted by atomic mass is 9.88. The van der Waals surface area contributed by atoms with Gasteiger partial charge in [0.25, 0.3) is 0 Å². The second-order valence-electron chi connectivity index (χ2n) is 8.86. The average molecular weight is 457 g/mol. The Balaban J connectivity index is 1.83. The summed E-state index contributed by atoms with van der Waals surface area (Å²) in [5, 5.41) is 0. The molecular weight excluding hydrogens is 424 g/mol. The third kappa shape index (κ3) is 5.22. The van der Waals surface area contributed by atoms with Crippen molar-refractivity contribution in [2.75, 3.05) is 0 Å². The fourth-order valence-electron chi connectivity index (χ4n) is 4.85. The van der Waals surface area contributed by atoms with Crippen LogP contribution in [0.2, 0.25) is 0 Å². The summed E-state index contributed by atoms with van der Waals surface area (Å²) in [5.74, 6) is 0.314. The van der Waals surface area contributed by atoms with E-state index in [1.807, 2.05) is 24.3 Å². The fraction of sp³-hybridized carbons (Fsp3) is 0.333. The van der Waals surface area contributed by atoms with Crippen LogP contribution in [0.3, 0.4) is 0 Å². The van der Waals surface area contributed by atoms with Gasteiger partial charge < -0.3 is 9.47 Å². The molecular formula is C30H32O4. The first-order valence-electron chi connectivity index (χ1n) is 12.3. The maximum absolute atomic E-state index is 13.1. The van der Waals surface area contributed by atoms with Crippen LogP contribution in [-0.2, 0) is 12.8 Å². The lowest BCUT2D eigenvalue weighted by Crippen LogP contribution is -2.17. The molecule has 0 spiro atoms. The molecule has 3 aromatic rings. The Kier molecular flexibility index (Phi) is 7.79. The highest BCUT2D eigenvalue weighted by molar-refractivity contribution is 5.93. The van der Waals surface area contributed by atoms with Crippen molar-refractivity contribution in [1.29, 1.82) is 0 Å². The predicted octanol–water partition coefficient (Wildman–Crippen LogP) is 7.30. The van der Waals surface area contributed by atoms with E-state index in [1.54, 1.807) is 36.4 Å². The van der Waals surface area contributed by atoms with Gasteiger partial charge in [0.2, 0.25) is 0 Å². The molecule has 1 aliphatic rings. The third-order valence-electron chi connectivity index (χ3n) is 6.53. The molecule has 4 heteroatoms. The Hall–Kier alpha value is -3.40. The van der Waals surface area contributed by atoms with Crippen molar-refractivity contribution in [3.8, 4) is 11.5 Å². The van der Waals surface area contributed by atoms with Crippen LogP contribution >= 0.6 is 0 Å². The number of carbonyl (C=O) groups is 2. The summed E-state index contributed by atoms with van der Waals surface area (Å²) in [4.78, 5) is 26.2. The fourth-order valence-corrected chi connectivity index (χ4v) is 4.85. The van der Waals surface area contributed by atoms with Gasteiger partial charge in [0.15, 0.2) is 11.5 Å². The topological polar surface area (TPSA) is 52.6 Å². The van der Waals surface area contributed by atoms with Crippen LogP contribution in [0.1, 0.15) is 89.3 Å². The summed E-state index contributed by atoms with van der Waals surface area (Å²) in [6.45, 7) is 4.16. The number of hydrogen-bond donors (Lipinski definition) is 0. The van der Waals surface area contributed by atoms with Gasteiger partial charge in [-0.1, -0.05) is 75.6 Å². The third-order valence-corrected chi connectivity index (χ3v) is 6.53. The van der Waals surface area contributed by atoms with E-state index in [2.05, 4.69) is 19.9 Å². The van der Waals surface area contributed by atoms with E-state index in [0.29, 0.717) is 35.0 Å². The van der Waals surface area contributed by atoms with Gasteiger partial charge in [-0.2, -0.15) is 0 Å². The van der Waals surface area contributed by atoms with Crippen molar-refractivity contribution < 1.29 is 19.1 Å². The number of hydrogen-bond acceptors (Lipinski definition) is 4. The van der Waals surface area contributed by atoms with Crippen LogP contribution < -0.4 is 9.47 Å². The average Bonchev–Trinajstić information content (AvgIpc) is 3.41. The van der Waals surface area contributed by atoms with E-state index in [0.717, 1.165) is 36.8 Å². The lowest BCUT2D eigenvalue weighted by molar-refractivity contribution is 0.0679. The molecule has 0 aliphatic heterocycles. The summed E-state index contributed by atoms with van der Waals surface area (Å²) in [6.07, 6.45) is 6.99. The number of benzene rings is 3. The van der Waals surface area contributed by atoms with Gasteiger partial charge in [-0.05, 0) is 67.0 Å². The zero-order chi connectivity index (χ0) is 23.9. The SMILES string of the molecule is CCCc1cc(C2CCCC2)c(CC)c(OC(=O)c2ccccc2)c1OC(=O)c1ccccc1. The highest BCUT2D eigenvalue weighted by atomic mass is 16.6. The monoisotopic (exact) mass is 456 g/mol. The van der Waals surface area contributed by atoms with Crippen molar-refractivity contribution in [3.63, 3.8) is 0 Å². The Morgan fingerprint density at radius 2 is 1.32 bits per heavy atom. The first-order chi connectivity index (χ1) is 16.6. The van der Waals surface area contributed by atoms with Crippen LogP contribution in [-0.4, -0.2) is 11.9 Å². The summed E-state index contributed by atoms with van der Waals surface area (Å²) in [5.41, 5.74) is 4.05. The summed E-state index contributed by atoms with van der Waals surface area (Å²) >= 11 is 0. The second-order valence-corrected chi connectivity index (χ2v) is 8.86. The summed E-state index contributed by atoms with van der Waals surface area (Å²) < 4.78 is 12.1. The van der Waals surface area contributed by atoms with E-state index in [-0.39, 0.29) is 0 Å². The van der Waals surface area contributed by atoms with Crippen molar-refractivity contribution >= 4 is 11.9 Å². The number of rotatable bonds is 8. The van der Waals surface area contributed by atoms with Gasteiger partial charge in [0, 0.05) is 5.56 Å². The van der Waals surface area contributed by atoms with Crippen molar-refractivity contribution in [2.24, 2.45) is 0 Å². The van der Waals surface area contributed by atoms with Gasteiger partial charge in [-0.3, -0.25) is 0 Å². The smallest absolute Gasteiger partial charge is 0.343 e. The molecule has 3 aromatic carbocycles. The minimum Gasteiger partial charge on any atom is -0.419 e. The standard InChI is InChI=1S/C30H32O4/c1-3-13-24-20-26(21-14-11-12-15-21)25(4-2)28(34-30(32)23-18-9-6-10-19-23)27(24)33-29(31)22-16-7-5-8-17-22/h5-10,16-21H,3-4,11-15H2,1-2H3. The zero-order valence-corrected chi connectivity index (χ0v) is 20.0. The molecule has 0 saturated heterocycles. The number of aryl methyl sites for hydroxylation is 1. The highest BCUT2D eigenvalue weighted by Gasteiger charge is 2.29. The molecule has 0 unspecified atom stereocenters. The maximum Gasteiger partial charge on any atom is 0.343 e. The van der Waals surface area contributed by atoms with E-state index >= 15 is 0 Å². The van der Waals surface area contributed by atoms with Gasteiger partial charge in [-0.25, -0.2) is 9.59 Å². The molecule has 0 radical (unpaired) electrons. The van der Waals surface area contributed by atoms with Gasteiger partial charge in [0.05, 0.1) is 11.1 Å². The molecule has 34 heavy (non-hydrogen) atoms. The van der Waals surface area contributed by atoms with Crippen LogP contribution in [0.4, 0.5) is 0 Å². The minimum atomic E-state index is -0.453. The van der Waals surface area contributed by atoms with Crippen molar-refractivity contribution in [3.05, 3.63) is 94.5 Å². The maximum atomic E-state index is 13.1. The van der Waals surface area contributed by atoms with Gasteiger partial charge in [-0.15, -0.1) is 0 Å². The molecule has 176 valence electrons. The largest absolute Gasteiger partial charge is 0.419 e. The zero-order valence-electron chi connectivity index (χ0n) is 20.0. The molecule has 1 saturated carbocycles. The second kappa shape index (κ2) is 11.1. The number of ether oxygens (including phenoxy) is 2. The molecule has 0 amide bonds. The number of carbonyl (C=O) groups excluding carboxylic acids is 2. The lowest BCUT2D eigenvalue weighted by Gasteiger charge is -2.23. The molecule has 0 N–H and O–H groups in total. The van der Waals surface area contributed by atoms with Crippen LogP contribution in [0.15, 0.2) is 66.7 Å². The van der Waals surface area contributed by atoms with E-state index in [1.165, 1.54) is 18.4 Å². The predicted molar refractivity (Wildman–Crippen MR) is 134 cm³/mol. The Morgan fingerprint density at radius 3 is 1.82 bits per heavy atom. The molecule has 1 fully saturated rings. The molecule has 0 heterocycles. The quantitative estimate of drug-likeness (QED) is 0.264. The van der Waals surface area contributed by atoms with Gasteiger partial charge >= 0.3 is 11.9 Å². The molecule has 0 bridgehead atoms. The Bertz CT molecular complexity index is 1130. The van der Waals surface area contributed by atoms with Crippen molar-refractivity contribution in [1.82, 2.24) is 0 Å². The first-order valence-corrected chi connectivity index (χ1v) is 12.3. The highest BCUT2D eigenvalue weighted by Crippen LogP contribution is 2.45. The summed E-state index contributed by atoms with van der Waals surface area (Å²) in [7, 11) is 0. The first kappa shape index (κ1) is 23.7. The van der Waals surface area contributed by atoms with Crippen LogP contribution in [0.5, 0.6) is 11.5 Å². The molecule has 4 rings (SSSR count). The molecule has 0 atom stereocenters.